The zero-order valence-electron chi connectivity index (χ0n) is 12.3. The monoisotopic (exact) mass is 265 g/mol. The second kappa shape index (κ2) is 7.06. The van der Waals surface area contributed by atoms with E-state index >= 15 is 0 Å². The molecule has 2 N–H and O–H groups in total. The molecule has 2 rings (SSSR count). The number of nitrogens with one attached hydrogen (secondary N) is 2. The molecular weight excluding hydrogens is 238 g/mol. The van der Waals surface area contributed by atoms with E-state index < -0.39 is 0 Å². The zero-order chi connectivity index (χ0) is 13.7. The summed E-state index contributed by atoms with van der Waals surface area (Å²) >= 11 is 0. The van der Waals surface area contributed by atoms with E-state index in [1.165, 1.54) is 25.0 Å². The third-order valence-corrected chi connectivity index (χ3v) is 4.30. The zero-order valence-corrected chi connectivity index (χ0v) is 12.3. The van der Waals surface area contributed by atoms with Crippen molar-refractivity contribution in [3.63, 3.8) is 0 Å². The van der Waals surface area contributed by atoms with Gasteiger partial charge in [0, 0.05) is 37.8 Å². The molecule has 0 saturated carbocycles. The Bertz CT molecular complexity index is 337. The molecule has 2 heterocycles. The number of likely N-dealkylation sites (tertiary alicyclic amines) is 1. The standard InChI is InChI=1S/C15H27N3O/c1-3-4-7-18-8-5-14(6-9-18)17-15(19)12(2)13-10-16-11-13/h14,16H,3-11H2,1-2H3,(H,17,19). The van der Waals surface area contributed by atoms with E-state index in [1.54, 1.807) is 0 Å². The molecule has 4 heteroatoms. The average Bonchev–Trinajstić information content (AvgIpc) is 2.36. The highest BCUT2D eigenvalue weighted by molar-refractivity contribution is 5.94. The summed E-state index contributed by atoms with van der Waals surface area (Å²) in [6.07, 6.45) is 4.74. The predicted molar refractivity (Wildman–Crippen MR) is 78.1 cm³/mol. The van der Waals surface area contributed by atoms with Crippen LogP contribution in [0, 0.1) is 0 Å². The van der Waals surface area contributed by atoms with Gasteiger partial charge in [0.05, 0.1) is 0 Å². The Labute approximate surface area is 116 Å². The van der Waals surface area contributed by atoms with Crippen molar-refractivity contribution in [3.05, 3.63) is 11.1 Å². The third kappa shape index (κ3) is 4.05. The van der Waals surface area contributed by atoms with Crippen LogP contribution in [0.3, 0.4) is 0 Å². The van der Waals surface area contributed by atoms with Gasteiger partial charge in [-0.05, 0) is 38.3 Å². The fourth-order valence-electron chi connectivity index (χ4n) is 2.65. The average molecular weight is 265 g/mol. The Hall–Kier alpha value is -0.870. The van der Waals surface area contributed by atoms with Gasteiger partial charge >= 0.3 is 0 Å². The van der Waals surface area contributed by atoms with Crippen molar-refractivity contribution in [1.29, 1.82) is 0 Å². The molecule has 2 fully saturated rings. The molecule has 2 saturated heterocycles. The van der Waals surface area contributed by atoms with E-state index in [9.17, 15) is 4.79 Å². The summed E-state index contributed by atoms with van der Waals surface area (Å²) in [5, 5.41) is 6.37. The van der Waals surface area contributed by atoms with Crippen LogP contribution in [-0.4, -0.2) is 49.6 Å². The minimum Gasteiger partial charge on any atom is -0.349 e. The van der Waals surface area contributed by atoms with Crippen molar-refractivity contribution in [2.45, 2.75) is 45.6 Å². The van der Waals surface area contributed by atoms with Gasteiger partial charge in [0.15, 0.2) is 0 Å². The molecule has 0 aromatic heterocycles. The van der Waals surface area contributed by atoms with Crippen molar-refractivity contribution < 1.29 is 4.79 Å². The Kier molecular flexibility index (Phi) is 5.40. The molecule has 4 nitrogen and oxygen atoms in total. The number of hydrogen-bond acceptors (Lipinski definition) is 3. The lowest BCUT2D eigenvalue weighted by Gasteiger charge is -2.32. The summed E-state index contributed by atoms with van der Waals surface area (Å²) in [4.78, 5) is 14.6. The highest BCUT2D eigenvalue weighted by Crippen LogP contribution is 2.13. The van der Waals surface area contributed by atoms with E-state index in [4.69, 9.17) is 0 Å². The molecule has 0 bridgehead atoms. The quantitative estimate of drug-likeness (QED) is 0.736. The largest absolute Gasteiger partial charge is 0.349 e. The van der Waals surface area contributed by atoms with Crippen molar-refractivity contribution in [1.82, 2.24) is 15.5 Å². The van der Waals surface area contributed by atoms with Crippen LogP contribution in [0.15, 0.2) is 11.1 Å². The van der Waals surface area contributed by atoms with E-state index in [1.807, 2.05) is 6.92 Å². The number of amides is 1. The normalized spacial score (nSPS) is 21.1. The number of hydrogen-bond donors (Lipinski definition) is 2. The van der Waals surface area contributed by atoms with Gasteiger partial charge in [0.2, 0.25) is 5.91 Å². The highest BCUT2D eigenvalue weighted by atomic mass is 16.1. The molecule has 2 aliphatic heterocycles. The fraction of sp³-hybridized carbons (Fsp3) is 0.800. The van der Waals surface area contributed by atoms with Gasteiger partial charge in [-0.15, -0.1) is 0 Å². The van der Waals surface area contributed by atoms with Crippen LogP contribution in [0.25, 0.3) is 0 Å². The molecule has 0 aromatic rings. The van der Waals surface area contributed by atoms with Crippen LogP contribution in [-0.2, 0) is 4.79 Å². The maximum Gasteiger partial charge on any atom is 0.247 e. The van der Waals surface area contributed by atoms with Gasteiger partial charge in [-0.1, -0.05) is 13.3 Å². The van der Waals surface area contributed by atoms with Crippen LogP contribution < -0.4 is 10.6 Å². The maximum absolute atomic E-state index is 12.1. The van der Waals surface area contributed by atoms with Crippen LogP contribution in [0.1, 0.15) is 39.5 Å². The summed E-state index contributed by atoms with van der Waals surface area (Å²) in [5.41, 5.74) is 2.19. The minimum absolute atomic E-state index is 0.142. The second-order valence-electron chi connectivity index (χ2n) is 5.78. The summed E-state index contributed by atoms with van der Waals surface area (Å²) in [7, 11) is 0. The molecule has 0 aromatic carbocycles. The van der Waals surface area contributed by atoms with E-state index in [0.717, 1.165) is 44.6 Å². The number of rotatable bonds is 5. The molecular formula is C15H27N3O. The molecule has 108 valence electrons. The fourth-order valence-corrected chi connectivity index (χ4v) is 2.65. The van der Waals surface area contributed by atoms with Crippen molar-refractivity contribution in [2.75, 3.05) is 32.7 Å². The highest BCUT2D eigenvalue weighted by Gasteiger charge is 2.22. The maximum atomic E-state index is 12.1. The molecule has 0 aliphatic carbocycles. The lowest BCUT2D eigenvalue weighted by atomic mass is 10.0. The van der Waals surface area contributed by atoms with Gasteiger partial charge in [-0.25, -0.2) is 0 Å². The molecule has 0 atom stereocenters. The summed E-state index contributed by atoms with van der Waals surface area (Å²) in [5.74, 6) is 0.142. The van der Waals surface area contributed by atoms with E-state index in [0.29, 0.717) is 6.04 Å². The Morgan fingerprint density at radius 1 is 1.37 bits per heavy atom. The lowest BCUT2D eigenvalue weighted by molar-refractivity contribution is -0.118. The Morgan fingerprint density at radius 2 is 2.05 bits per heavy atom. The number of nitrogens with zero attached hydrogens (tertiary/aromatic N) is 1. The molecule has 1 amide bonds. The van der Waals surface area contributed by atoms with Crippen LogP contribution in [0.5, 0.6) is 0 Å². The van der Waals surface area contributed by atoms with Gasteiger partial charge < -0.3 is 15.5 Å². The van der Waals surface area contributed by atoms with Crippen molar-refractivity contribution in [3.8, 4) is 0 Å². The molecule has 19 heavy (non-hydrogen) atoms. The molecule has 2 aliphatic rings. The molecule has 0 radical (unpaired) electrons. The number of unbranched alkanes of at least 4 members (excludes halogenated alkanes) is 1. The van der Waals surface area contributed by atoms with Gasteiger partial charge in [-0.2, -0.15) is 0 Å². The van der Waals surface area contributed by atoms with E-state index in [2.05, 4.69) is 22.5 Å². The SMILES string of the molecule is CCCCN1CCC(NC(=O)C(C)=C2CNC2)CC1. The first-order valence-corrected chi connectivity index (χ1v) is 7.63. The van der Waals surface area contributed by atoms with Crippen molar-refractivity contribution in [2.24, 2.45) is 0 Å². The van der Waals surface area contributed by atoms with Gasteiger partial charge in [0.1, 0.15) is 0 Å². The minimum atomic E-state index is 0.142. The first-order valence-electron chi connectivity index (χ1n) is 7.63. The first kappa shape index (κ1) is 14.5. The first-order chi connectivity index (χ1) is 9.20. The number of piperidine rings is 1. The van der Waals surface area contributed by atoms with Gasteiger partial charge in [0.25, 0.3) is 0 Å². The Morgan fingerprint density at radius 3 is 2.58 bits per heavy atom. The third-order valence-electron chi connectivity index (χ3n) is 4.30. The number of carbonyl (C=O) groups is 1. The summed E-state index contributed by atoms with van der Waals surface area (Å²) < 4.78 is 0. The van der Waals surface area contributed by atoms with Crippen LogP contribution >= 0.6 is 0 Å². The van der Waals surface area contributed by atoms with Crippen molar-refractivity contribution >= 4 is 5.91 Å². The number of carbonyl (C=O) groups excluding carboxylic acids is 1. The second-order valence-corrected chi connectivity index (χ2v) is 5.78. The van der Waals surface area contributed by atoms with Crippen LogP contribution in [0.2, 0.25) is 0 Å². The van der Waals surface area contributed by atoms with E-state index in [-0.39, 0.29) is 5.91 Å². The molecule has 0 spiro atoms. The van der Waals surface area contributed by atoms with Gasteiger partial charge in [-0.3, -0.25) is 4.79 Å². The predicted octanol–water partition coefficient (Wildman–Crippen LogP) is 1.29. The smallest absolute Gasteiger partial charge is 0.247 e. The molecule has 0 unspecified atom stereocenters. The topological polar surface area (TPSA) is 44.4 Å². The van der Waals surface area contributed by atoms with Crippen LogP contribution in [0.4, 0.5) is 0 Å². The Balaban J connectivity index is 1.72. The lowest BCUT2D eigenvalue weighted by Crippen LogP contribution is -2.46. The summed E-state index contributed by atoms with van der Waals surface area (Å²) in [6, 6.07) is 0.369. The summed E-state index contributed by atoms with van der Waals surface area (Å²) in [6.45, 7) is 9.42.